The summed E-state index contributed by atoms with van der Waals surface area (Å²) < 4.78 is 0. The first kappa shape index (κ1) is 22.1. The Labute approximate surface area is 211 Å². The number of phenolic OH excluding ortho intramolecular Hbond substituents is 1. The first-order chi connectivity index (χ1) is 17.3. The molecule has 1 aliphatic rings. The molecule has 5 heteroatoms. The molecule has 36 heavy (non-hydrogen) atoms. The predicted molar refractivity (Wildman–Crippen MR) is 148 cm³/mol. The molecule has 0 atom stereocenters. The quantitative estimate of drug-likeness (QED) is 0.283. The van der Waals surface area contributed by atoms with Crippen molar-refractivity contribution in [3.8, 4) is 17.0 Å². The molecule has 1 N–H and O–H groups in total. The molecule has 0 unspecified atom stereocenters. The van der Waals surface area contributed by atoms with Crippen LogP contribution in [0.15, 0.2) is 91.1 Å². The lowest BCUT2D eigenvalue weighted by atomic mass is 9.87. The molecular weight excluding hydrogens is 444 g/mol. The van der Waals surface area contributed by atoms with E-state index in [1.165, 1.54) is 5.56 Å². The number of hydrogen-bond donors (Lipinski definition) is 1. The van der Waals surface area contributed by atoms with Crippen molar-refractivity contribution in [3.63, 3.8) is 0 Å². The molecule has 3 aromatic carbocycles. The highest BCUT2D eigenvalue weighted by atomic mass is 16.3. The number of aromatic hydroxyl groups is 1. The number of fused-ring (bicyclic) bond motifs is 3. The minimum Gasteiger partial charge on any atom is -0.506 e. The van der Waals surface area contributed by atoms with E-state index < -0.39 is 0 Å². The second-order valence-electron chi connectivity index (χ2n) is 10.3. The Morgan fingerprint density at radius 3 is 2.33 bits per heavy atom. The maximum absolute atomic E-state index is 10.4. The first-order valence-corrected chi connectivity index (χ1v) is 12.1. The normalized spacial score (nSPS) is 13.0. The fourth-order valence-electron chi connectivity index (χ4n) is 4.89. The third kappa shape index (κ3) is 3.55. The summed E-state index contributed by atoms with van der Waals surface area (Å²) in [4.78, 5) is 14.1. The second kappa shape index (κ2) is 8.09. The van der Waals surface area contributed by atoms with Crippen LogP contribution in [0.3, 0.4) is 0 Å². The third-order valence-electron chi connectivity index (χ3n) is 6.90. The largest absolute Gasteiger partial charge is 0.506 e. The number of pyridine rings is 2. The molecule has 6 rings (SSSR count). The van der Waals surface area contributed by atoms with Gasteiger partial charge in [0.2, 0.25) is 0 Å². The van der Waals surface area contributed by atoms with Crippen molar-refractivity contribution in [1.82, 2.24) is 9.97 Å². The van der Waals surface area contributed by atoms with Crippen LogP contribution in [0.4, 0.5) is 28.6 Å². The van der Waals surface area contributed by atoms with E-state index in [0.717, 1.165) is 45.2 Å². The van der Waals surface area contributed by atoms with Crippen molar-refractivity contribution < 1.29 is 5.11 Å². The van der Waals surface area contributed by atoms with Crippen molar-refractivity contribution in [2.45, 2.75) is 26.2 Å². The SMILES string of the molecule is CN1c2ccccc2N(c2cc(C(C)(C)C)ccn2)c2cc(-c3ccc4cccc(O)c4n3)ccc21. The van der Waals surface area contributed by atoms with E-state index in [9.17, 15) is 5.11 Å². The highest BCUT2D eigenvalue weighted by Crippen LogP contribution is 2.51. The van der Waals surface area contributed by atoms with Crippen LogP contribution in [0.25, 0.3) is 22.2 Å². The Morgan fingerprint density at radius 1 is 0.750 bits per heavy atom. The van der Waals surface area contributed by atoms with E-state index >= 15 is 0 Å². The fourth-order valence-corrected chi connectivity index (χ4v) is 4.89. The summed E-state index contributed by atoms with van der Waals surface area (Å²) in [6.07, 6.45) is 1.90. The van der Waals surface area contributed by atoms with Gasteiger partial charge in [-0.05, 0) is 59.5 Å². The zero-order valence-electron chi connectivity index (χ0n) is 20.9. The Kier molecular flexibility index (Phi) is 4.97. The molecule has 0 saturated carbocycles. The number of anilines is 5. The standard InChI is InChI=1S/C31H28N4O/c1-31(2,3)22-16-17-32-29(19-22)35-26-10-6-5-9-24(26)34(4)25-15-13-21(18-27(25)35)23-14-12-20-8-7-11-28(36)30(20)33-23/h5-19,36H,1-4H3. The zero-order chi connectivity index (χ0) is 25.0. The maximum atomic E-state index is 10.4. The molecule has 0 saturated heterocycles. The molecule has 5 nitrogen and oxygen atoms in total. The van der Waals surface area contributed by atoms with Crippen LogP contribution in [0.1, 0.15) is 26.3 Å². The number of aromatic nitrogens is 2. The summed E-state index contributed by atoms with van der Waals surface area (Å²) in [6, 6.07) is 28.6. The van der Waals surface area contributed by atoms with Gasteiger partial charge in [0, 0.05) is 24.2 Å². The van der Waals surface area contributed by atoms with Gasteiger partial charge in [0.05, 0.1) is 28.4 Å². The van der Waals surface area contributed by atoms with Gasteiger partial charge in [-0.2, -0.15) is 0 Å². The van der Waals surface area contributed by atoms with E-state index in [4.69, 9.17) is 9.97 Å². The van der Waals surface area contributed by atoms with Gasteiger partial charge in [-0.25, -0.2) is 9.97 Å². The van der Waals surface area contributed by atoms with Gasteiger partial charge < -0.3 is 10.0 Å². The van der Waals surface area contributed by atoms with Crippen LogP contribution >= 0.6 is 0 Å². The average Bonchev–Trinajstić information content (AvgIpc) is 2.88. The van der Waals surface area contributed by atoms with Gasteiger partial charge in [0.25, 0.3) is 0 Å². The van der Waals surface area contributed by atoms with Crippen LogP contribution < -0.4 is 9.80 Å². The van der Waals surface area contributed by atoms with Crippen LogP contribution in [0.2, 0.25) is 0 Å². The number of rotatable bonds is 2. The van der Waals surface area contributed by atoms with Crippen molar-refractivity contribution in [2.24, 2.45) is 0 Å². The van der Waals surface area contributed by atoms with E-state index in [1.54, 1.807) is 6.07 Å². The minimum atomic E-state index is 0.00544. The highest BCUT2D eigenvalue weighted by molar-refractivity contribution is 5.98. The molecule has 0 spiro atoms. The van der Waals surface area contributed by atoms with Crippen molar-refractivity contribution >= 4 is 39.5 Å². The molecular formula is C31H28N4O. The van der Waals surface area contributed by atoms with Gasteiger partial charge >= 0.3 is 0 Å². The molecule has 0 aliphatic carbocycles. The molecule has 3 heterocycles. The van der Waals surface area contributed by atoms with E-state index in [-0.39, 0.29) is 11.2 Å². The molecule has 0 radical (unpaired) electrons. The molecule has 178 valence electrons. The van der Waals surface area contributed by atoms with Gasteiger partial charge in [0.15, 0.2) is 0 Å². The number of nitrogens with zero attached hydrogens (tertiary/aromatic N) is 4. The van der Waals surface area contributed by atoms with E-state index in [0.29, 0.717) is 5.52 Å². The topological polar surface area (TPSA) is 52.5 Å². The first-order valence-electron chi connectivity index (χ1n) is 12.1. The lowest BCUT2D eigenvalue weighted by molar-refractivity contribution is 0.480. The van der Waals surface area contributed by atoms with Crippen LogP contribution in [0.5, 0.6) is 5.75 Å². The Hall–Kier alpha value is -4.38. The second-order valence-corrected chi connectivity index (χ2v) is 10.3. The number of benzene rings is 3. The summed E-state index contributed by atoms with van der Waals surface area (Å²) in [7, 11) is 2.10. The summed E-state index contributed by atoms with van der Waals surface area (Å²) in [6.45, 7) is 6.66. The smallest absolute Gasteiger partial charge is 0.141 e. The minimum absolute atomic E-state index is 0.00544. The highest BCUT2D eigenvalue weighted by Gasteiger charge is 2.29. The lowest BCUT2D eigenvalue weighted by Crippen LogP contribution is -2.25. The van der Waals surface area contributed by atoms with Crippen molar-refractivity contribution in [1.29, 1.82) is 0 Å². The monoisotopic (exact) mass is 472 g/mol. The van der Waals surface area contributed by atoms with Crippen LogP contribution in [-0.2, 0) is 5.41 Å². The van der Waals surface area contributed by atoms with Crippen molar-refractivity contribution in [2.75, 3.05) is 16.8 Å². The number of para-hydroxylation sites is 3. The molecule has 0 fully saturated rings. The Bertz CT molecular complexity index is 1620. The molecule has 5 aromatic rings. The molecule has 0 bridgehead atoms. The lowest BCUT2D eigenvalue weighted by Gasteiger charge is -2.38. The molecule has 2 aromatic heterocycles. The van der Waals surface area contributed by atoms with Gasteiger partial charge in [-0.3, -0.25) is 4.90 Å². The summed E-state index contributed by atoms with van der Waals surface area (Å²) in [5.41, 5.74) is 7.94. The number of hydrogen-bond acceptors (Lipinski definition) is 5. The average molecular weight is 473 g/mol. The number of phenols is 1. The zero-order valence-corrected chi connectivity index (χ0v) is 20.9. The van der Waals surface area contributed by atoms with Gasteiger partial charge in [-0.15, -0.1) is 0 Å². The Morgan fingerprint density at radius 2 is 1.53 bits per heavy atom. The summed E-state index contributed by atoms with van der Waals surface area (Å²) in [5, 5.41) is 11.3. The predicted octanol–water partition coefficient (Wildman–Crippen LogP) is 7.85. The summed E-state index contributed by atoms with van der Waals surface area (Å²) >= 11 is 0. The molecule has 0 amide bonds. The third-order valence-corrected chi connectivity index (χ3v) is 6.90. The Balaban J connectivity index is 1.56. The van der Waals surface area contributed by atoms with Crippen LogP contribution in [-0.4, -0.2) is 22.1 Å². The van der Waals surface area contributed by atoms with Crippen molar-refractivity contribution in [3.05, 3.63) is 96.7 Å². The molecule has 1 aliphatic heterocycles. The fraction of sp³-hybridized carbons (Fsp3) is 0.161. The van der Waals surface area contributed by atoms with Gasteiger partial charge in [-0.1, -0.05) is 57.2 Å². The van der Waals surface area contributed by atoms with E-state index in [2.05, 4.69) is 92.2 Å². The van der Waals surface area contributed by atoms with Crippen LogP contribution in [0, 0.1) is 0 Å². The summed E-state index contributed by atoms with van der Waals surface area (Å²) in [5.74, 6) is 1.07. The van der Waals surface area contributed by atoms with Gasteiger partial charge in [0.1, 0.15) is 17.1 Å². The maximum Gasteiger partial charge on any atom is 0.141 e. The van der Waals surface area contributed by atoms with E-state index in [1.807, 2.05) is 30.5 Å².